The third-order valence-corrected chi connectivity index (χ3v) is 4.25. The summed E-state index contributed by atoms with van der Waals surface area (Å²) in [7, 11) is 0. The molecule has 3 N–H and O–H groups in total. The minimum Gasteiger partial charge on any atom is -0.372 e. The molecule has 1 aromatic heterocycles. The van der Waals surface area contributed by atoms with E-state index in [1.54, 1.807) is 6.20 Å². The van der Waals surface area contributed by atoms with Gasteiger partial charge in [0.25, 0.3) is 0 Å². The van der Waals surface area contributed by atoms with Gasteiger partial charge in [0.05, 0.1) is 19.8 Å². The molecule has 3 aromatic rings. The van der Waals surface area contributed by atoms with Crippen molar-refractivity contribution in [1.29, 1.82) is 0 Å². The summed E-state index contributed by atoms with van der Waals surface area (Å²) in [4.78, 5) is 8.67. The van der Waals surface area contributed by atoms with Gasteiger partial charge in [-0.05, 0) is 28.8 Å². The van der Waals surface area contributed by atoms with Crippen molar-refractivity contribution in [1.82, 2.24) is 10.3 Å². The molecule has 6 heteroatoms. The summed E-state index contributed by atoms with van der Waals surface area (Å²) in [6.07, 6.45) is 2.61. The molecule has 152 valence electrons. The van der Waals surface area contributed by atoms with Gasteiger partial charge in [0, 0.05) is 24.9 Å². The van der Waals surface area contributed by atoms with Gasteiger partial charge in [-0.15, -0.1) is 24.0 Å². The lowest BCUT2D eigenvalue weighted by Crippen LogP contribution is -2.33. The predicted octanol–water partition coefficient (Wildman–Crippen LogP) is 4.06. The van der Waals surface area contributed by atoms with Crippen molar-refractivity contribution in [2.45, 2.75) is 26.2 Å². The zero-order valence-corrected chi connectivity index (χ0v) is 18.7. The Hall–Kier alpha value is -2.45. The number of nitrogens with zero attached hydrogens (tertiary/aromatic N) is 2. The van der Waals surface area contributed by atoms with Crippen LogP contribution in [0.2, 0.25) is 0 Å². The highest BCUT2D eigenvalue weighted by Crippen LogP contribution is 2.09. The van der Waals surface area contributed by atoms with Crippen LogP contribution in [-0.2, 0) is 30.9 Å². The molecule has 0 radical (unpaired) electrons. The normalized spacial score (nSPS) is 11.0. The van der Waals surface area contributed by atoms with Crippen molar-refractivity contribution in [3.8, 4) is 0 Å². The number of benzene rings is 2. The number of guanidine groups is 1. The molecule has 0 atom stereocenters. The number of nitrogens with two attached hydrogens (primary N) is 1. The molecular formula is C23H27IN4O. The first kappa shape index (κ1) is 22.8. The largest absolute Gasteiger partial charge is 0.372 e. The minimum atomic E-state index is 0. The van der Waals surface area contributed by atoms with Gasteiger partial charge in [0.15, 0.2) is 5.96 Å². The van der Waals surface area contributed by atoms with Crippen LogP contribution in [0.25, 0.3) is 0 Å². The molecule has 0 unspecified atom stereocenters. The van der Waals surface area contributed by atoms with Crippen molar-refractivity contribution in [2.75, 3.05) is 6.54 Å². The Kier molecular flexibility index (Phi) is 10.2. The number of rotatable bonds is 9. The fourth-order valence-corrected chi connectivity index (χ4v) is 2.70. The Labute approximate surface area is 189 Å². The van der Waals surface area contributed by atoms with Crippen LogP contribution >= 0.6 is 24.0 Å². The number of pyridine rings is 1. The van der Waals surface area contributed by atoms with Gasteiger partial charge in [-0.3, -0.25) is 4.98 Å². The number of aromatic nitrogens is 1. The van der Waals surface area contributed by atoms with E-state index >= 15 is 0 Å². The van der Waals surface area contributed by atoms with Crippen LogP contribution in [0.1, 0.15) is 22.4 Å². The number of aliphatic imine (C=N–C) groups is 1. The molecule has 0 saturated carbocycles. The Bertz CT molecular complexity index is 855. The first-order valence-electron chi connectivity index (χ1n) is 9.43. The van der Waals surface area contributed by atoms with Crippen LogP contribution in [0, 0.1) is 0 Å². The Morgan fingerprint density at radius 1 is 0.862 bits per heavy atom. The molecule has 0 bridgehead atoms. The van der Waals surface area contributed by atoms with E-state index in [2.05, 4.69) is 51.7 Å². The molecule has 2 aromatic carbocycles. The predicted molar refractivity (Wildman–Crippen MR) is 128 cm³/mol. The van der Waals surface area contributed by atoms with Gasteiger partial charge in [-0.1, -0.05) is 60.7 Å². The van der Waals surface area contributed by atoms with E-state index < -0.39 is 0 Å². The summed E-state index contributed by atoms with van der Waals surface area (Å²) < 4.78 is 5.76. The summed E-state index contributed by atoms with van der Waals surface area (Å²) >= 11 is 0. The first-order valence-corrected chi connectivity index (χ1v) is 9.43. The highest BCUT2D eigenvalue weighted by molar-refractivity contribution is 14.0. The van der Waals surface area contributed by atoms with Crippen molar-refractivity contribution >= 4 is 29.9 Å². The lowest BCUT2D eigenvalue weighted by Gasteiger charge is -2.07. The second-order valence-corrected chi connectivity index (χ2v) is 6.49. The van der Waals surface area contributed by atoms with E-state index in [9.17, 15) is 0 Å². The Morgan fingerprint density at radius 3 is 2.21 bits per heavy atom. The molecule has 3 rings (SSSR count). The van der Waals surface area contributed by atoms with Gasteiger partial charge in [-0.2, -0.15) is 0 Å². The highest BCUT2D eigenvalue weighted by Gasteiger charge is 1.98. The van der Waals surface area contributed by atoms with E-state index in [1.165, 1.54) is 5.56 Å². The zero-order valence-electron chi connectivity index (χ0n) is 16.3. The molecule has 1 heterocycles. The van der Waals surface area contributed by atoms with Crippen LogP contribution in [0.3, 0.4) is 0 Å². The average molecular weight is 502 g/mol. The number of nitrogens with one attached hydrogen (secondary N) is 1. The van der Waals surface area contributed by atoms with E-state index in [4.69, 9.17) is 10.5 Å². The summed E-state index contributed by atoms with van der Waals surface area (Å²) in [5.74, 6) is 0.450. The summed E-state index contributed by atoms with van der Waals surface area (Å²) in [6.45, 7) is 2.47. The summed E-state index contributed by atoms with van der Waals surface area (Å²) in [6, 6.07) is 24.3. The number of hydrogen-bond donors (Lipinski definition) is 2. The molecule has 0 spiro atoms. The van der Waals surface area contributed by atoms with E-state index in [1.807, 2.05) is 36.4 Å². The smallest absolute Gasteiger partial charge is 0.188 e. The van der Waals surface area contributed by atoms with Gasteiger partial charge < -0.3 is 15.8 Å². The first-order chi connectivity index (χ1) is 13.8. The fourth-order valence-electron chi connectivity index (χ4n) is 2.70. The minimum absolute atomic E-state index is 0. The lowest BCUT2D eigenvalue weighted by atomic mass is 10.1. The Balaban J connectivity index is 0.00000300. The quantitative estimate of drug-likeness (QED) is 0.263. The maximum absolute atomic E-state index is 5.94. The Morgan fingerprint density at radius 2 is 1.52 bits per heavy atom. The van der Waals surface area contributed by atoms with Gasteiger partial charge in [-0.25, -0.2) is 4.99 Å². The molecule has 29 heavy (non-hydrogen) atoms. The zero-order chi connectivity index (χ0) is 19.4. The van der Waals surface area contributed by atoms with Crippen molar-refractivity contribution in [2.24, 2.45) is 10.7 Å². The SMILES string of the molecule is I.NC(=NCc1ccc(COCc2ccccc2)cc1)NCCc1ccccn1. The number of halogens is 1. The molecular weight excluding hydrogens is 475 g/mol. The van der Waals surface area contributed by atoms with Gasteiger partial charge in [0.1, 0.15) is 0 Å². The van der Waals surface area contributed by atoms with Crippen molar-refractivity contribution in [3.05, 3.63) is 101 Å². The van der Waals surface area contributed by atoms with Crippen molar-refractivity contribution in [3.63, 3.8) is 0 Å². The van der Waals surface area contributed by atoms with Crippen molar-refractivity contribution < 1.29 is 4.74 Å². The third-order valence-electron chi connectivity index (χ3n) is 4.25. The van der Waals surface area contributed by atoms with Crippen LogP contribution in [0.15, 0.2) is 84.0 Å². The number of hydrogen-bond acceptors (Lipinski definition) is 3. The summed E-state index contributed by atoms with van der Waals surface area (Å²) in [5, 5.41) is 3.12. The second-order valence-electron chi connectivity index (χ2n) is 6.49. The van der Waals surface area contributed by atoms with E-state index in [0.29, 0.717) is 32.3 Å². The maximum Gasteiger partial charge on any atom is 0.188 e. The number of ether oxygens (including phenoxy) is 1. The second kappa shape index (κ2) is 12.9. The van der Waals surface area contributed by atoms with Crippen LogP contribution in [0.4, 0.5) is 0 Å². The molecule has 5 nitrogen and oxygen atoms in total. The molecule has 0 saturated heterocycles. The molecule has 0 fully saturated rings. The molecule has 0 aliphatic heterocycles. The summed E-state index contributed by atoms with van der Waals surface area (Å²) in [5.41, 5.74) is 10.4. The lowest BCUT2D eigenvalue weighted by molar-refractivity contribution is 0.107. The van der Waals surface area contributed by atoms with Gasteiger partial charge in [0.2, 0.25) is 0 Å². The molecule has 0 amide bonds. The third kappa shape index (κ3) is 8.62. The monoisotopic (exact) mass is 502 g/mol. The molecule has 0 aliphatic carbocycles. The van der Waals surface area contributed by atoms with Crippen LogP contribution < -0.4 is 11.1 Å². The van der Waals surface area contributed by atoms with E-state index in [0.717, 1.165) is 23.2 Å². The average Bonchev–Trinajstić information content (AvgIpc) is 2.75. The van der Waals surface area contributed by atoms with Crippen LogP contribution in [-0.4, -0.2) is 17.5 Å². The highest BCUT2D eigenvalue weighted by atomic mass is 127. The topological polar surface area (TPSA) is 72.5 Å². The van der Waals surface area contributed by atoms with Gasteiger partial charge >= 0.3 is 0 Å². The van der Waals surface area contributed by atoms with Crippen LogP contribution in [0.5, 0.6) is 0 Å². The maximum atomic E-state index is 5.94. The fraction of sp³-hybridized carbons (Fsp3) is 0.217. The molecule has 0 aliphatic rings. The standard InChI is InChI=1S/C23H26N4O.HI/c24-23(26-15-13-22-8-4-5-14-25-22)27-16-19-9-11-21(12-10-19)18-28-17-20-6-2-1-3-7-20;/h1-12,14H,13,15-18H2,(H3,24,26,27);1H. The van der Waals surface area contributed by atoms with E-state index in [-0.39, 0.29) is 24.0 Å².